The fourth-order valence-electron chi connectivity index (χ4n) is 1.27. The van der Waals surface area contributed by atoms with E-state index in [-0.39, 0.29) is 13.2 Å². The van der Waals surface area contributed by atoms with Crippen LogP contribution in [-0.4, -0.2) is 18.3 Å². The summed E-state index contributed by atoms with van der Waals surface area (Å²) in [6.45, 7) is 2.19. The van der Waals surface area contributed by atoms with Crippen molar-refractivity contribution >= 4 is 0 Å². The van der Waals surface area contributed by atoms with Gasteiger partial charge in [0.05, 0.1) is 12.2 Å². The first-order valence-corrected chi connectivity index (χ1v) is 4.59. The van der Waals surface area contributed by atoms with Gasteiger partial charge in [0.2, 0.25) is 0 Å². The third-order valence-corrected chi connectivity index (χ3v) is 1.94. The summed E-state index contributed by atoms with van der Waals surface area (Å²) in [5.41, 5.74) is 1.52. The summed E-state index contributed by atoms with van der Waals surface area (Å²) >= 11 is 0. The van der Waals surface area contributed by atoms with Crippen LogP contribution < -0.4 is 4.74 Å². The zero-order chi connectivity index (χ0) is 10.4. The highest BCUT2D eigenvalue weighted by atomic mass is 16.5. The normalized spacial score (nSPS) is 9.50. The highest BCUT2D eigenvalue weighted by molar-refractivity contribution is 5.48. The molecule has 1 rings (SSSR count). The molecule has 0 saturated carbocycles. The first-order chi connectivity index (χ1) is 6.83. The highest BCUT2D eigenvalue weighted by Crippen LogP contribution is 2.23. The Morgan fingerprint density at radius 3 is 2.86 bits per heavy atom. The van der Waals surface area contributed by atoms with Crippen LogP contribution in [0.1, 0.15) is 18.1 Å². The molecule has 3 nitrogen and oxygen atoms in total. The van der Waals surface area contributed by atoms with Crippen LogP contribution in [0.4, 0.5) is 0 Å². The molecule has 0 aliphatic carbocycles. The maximum Gasteiger partial charge on any atom is 0.140 e. The maximum atomic E-state index is 8.85. The van der Waals surface area contributed by atoms with E-state index in [4.69, 9.17) is 15.1 Å². The van der Waals surface area contributed by atoms with Crippen molar-refractivity contribution in [1.82, 2.24) is 0 Å². The van der Waals surface area contributed by atoms with Crippen LogP contribution in [0, 0.1) is 11.3 Å². The highest BCUT2D eigenvalue weighted by Gasteiger charge is 2.07. The standard InChI is InChI=1S/C11H13NO2/c1-2-9-4-3-5-10(8-12)11(9)14-7-6-13/h3-5,13H,2,6-7H2,1H3. The van der Waals surface area contributed by atoms with Crippen molar-refractivity contribution in [3.05, 3.63) is 29.3 Å². The maximum absolute atomic E-state index is 8.85. The number of aryl methyl sites for hydroxylation is 1. The van der Waals surface area contributed by atoms with E-state index in [0.29, 0.717) is 11.3 Å². The Morgan fingerprint density at radius 2 is 2.29 bits per heavy atom. The molecular weight excluding hydrogens is 178 g/mol. The molecule has 0 aliphatic heterocycles. The van der Waals surface area contributed by atoms with Gasteiger partial charge in [0.25, 0.3) is 0 Å². The number of aliphatic hydroxyl groups is 1. The number of aliphatic hydroxyl groups excluding tert-OH is 1. The molecule has 0 amide bonds. The Labute approximate surface area is 83.6 Å². The minimum Gasteiger partial charge on any atom is -0.490 e. The third-order valence-electron chi connectivity index (χ3n) is 1.94. The van der Waals surface area contributed by atoms with E-state index in [2.05, 4.69) is 6.07 Å². The number of para-hydroxylation sites is 1. The number of hydrogen-bond acceptors (Lipinski definition) is 3. The van der Waals surface area contributed by atoms with Crippen molar-refractivity contribution in [3.63, 3.8) is 0 Å². The summed E-state index contributed by atoms with van der Waals surface area (Å²) < 4.78 is 5.33. The van der Waals surface area contributed by atoms with Crippen LogP contribution >= 0.6 is 0 Å². The van der Waals surface area contributed by atoms with Crippen LogP contribution in [0.5, 0.6) is 5.75 Å². The molecule has 1 aromatic rings. The smallest absolute Gasteiger partial charge is 0.140 e. The fraction of sp³-hybridized carbons (Fsp3) is 0.364. The molecule has 0 atom stereocenters. The molecule has 3 heteroatoms. The summed E-state index contributed by atoms with van der Waals surface area (Å²) in [7, 11) is 0. The largest absolute Gasteiger partial charge is 0.490 e. The van der Waals surface area contributed by atoms with Gasteiger partial charge in [0.15, 0.2) is 0 Å². The van der Waals surface area contributed by atoms with Gasteiger partial charge >= 0.3 is 0 Å². The van der Waals surface area contributed by atoms with Crippen molar-refractivity contribution < 1.29 is 9.84 Å². The molecule has 0 unspecified atom stereocenters. The lowest BCUT2D eigenvalue weighted by molar-refractivity contribution is 0.200. The lowest BCUT2D eigenvalue weighted by Crippen LogP contribution is -2.05. The fourth-order valence-corrected chi connectivity index (χ4v) is 1.27. The topological polar surface area (TPSA) is 53.2 Å². The molecule has 0 heterocycles. The lowest BCUT2D eigenvalue weighted by atomic mass is 10.1. The molecule has 0 aromatic heterocycles. The first-order valence-electron chi connectivity index (χ1n) is 4.59. The van der Waals surface area contributed by atoms with E-state index < -0.39 is 0 Å². The number of nitrogens with zero attached hydrogens (tertiary/aromatic N) is 1. The summed E-state index contributed by atoms with van der Waals surface area (Å²) in [5, 5.41) is 17.5. The average molecular weight is 191 g/mol. The zero-order valence-electron chi connectivity index (χ0n) is 8.16. The van der Waals surface area contributed by atoms with Gasteiger partial charge in [-0.25, -0.2) is 0 Å². The second kappa shape index (κ2) is 5.25. The van der Waals surface area contributed by atoms with Gasteiger partial charge in [0.1, 0.15) is 18.4 Å². The molecule has 0 spiro atoms. The van der Waals surface area contributed by atoms with Gasteiger partial charge in [-0.1, -0.05) is 19.1 Å². The van der Waals surface area contributed by atoms with Crippen LogP contribution in [0.3, 0.4) is 0 Å². The Hall–Kier alpha value is -1.53. The van der Waals surface area contributed by atoms with Gasteiger partial charge in [-0.2, -0.15) is 5.26 Å². The molecular formula is C11H13NO2. The molecule has 0 saturated heterocycles. The second-order valence-corrected chi connectivity index (χ2v) is 2.83. The summed E-state index contributed by atoms with van der Waals surface area (Å²) in [4.78, 5) is 0. The second-order valence-electron chi connectivity index (χ2n) is 2.83. The third kappa shape index (κ3) is 2.24. The van der Waals surface area contributed by atoms with Gasteiger partial charge in [-0.3, -0.25) is 0 Å². The minimum atomic E-state index is -0.0388. The minimum absolute atomic E-state index is 0.0388. The molecule has 74 valence electrons. The van der Waals surface area contributed by atoms with Crippen molar-refractivity contribution in [2.24, 2.45) is 0 Å². The predicted molar refractivity (Wildman–Crippen MR) is 53.1 cm³/mol. The van der Waals surface area contributed by atoms with Gasteiger partial charge in [0, 0.05) is 0 Å². The van der Waals surface area contributed by atoms with E-state index >= 15 is 0 Å². The SMILES string of the molecule is CCc1cccc(C#N)c1OCCO. The number of nitriles is 1. The molecule has 0 fully saturated rings. The summed E-state index contributed by atoms with van der Waals surface area (Å²) in [5.74, 6) is 0.603. The summed E-state index contributed by atoms with van der Waals surface area (Å²) in [6, 6.07) is 7.55. The van der Waals surface area contributed by atoms with E-state index in [1.165, 1.54) is 0 Å². The molecule has 1 N–H and O–H groups in total. The van der Waals surface area contributed by atoms with Crippen LogP contribution in [0.15, 0.2) is 18.2 Å². The molecule has 0 bridgehead atoms. The number of ether oxygens (including phenoxy) is 1. The predicted octanol–water partition coefficient (Wildman–Crippen LogP) is 1.49. The Morgan fingerprint density at radius 1 is 1.50 bits per heavy atom. The number of rotatable bonds is 4. The van der Waals surface area contributed by atoms with Crippen molar-refractivity contribution in [3.8, 4) is 11.8 Å². The quantitative estimate of drug-likeness (QED) is 0.784. The zero-order valence-corrected chi connectivity index (χ0v) is 8.16. The molecule has 0 radical (unpaired) electrons. The van der Waals surface area contributed by atoms with E-state index in [9.17, 15) is 0 Å². The lowest BCUT2D eigenvalue weighted by Gasteiger charge is -2.10. The Bertz CT molecular complexity index is 342. The molecule has 0 aliphatic rings. The van der Waals surface area contributed by atoms with Gasteiger partial charge in [-0.05, 0) is 18.1 Å². The first kappa shape index (κ1) is 10.6. The van der Waals surface area contributed by atoms with Crippen LogP contribution in [0.25, 0.3) is 0 Å². The molecule has 1 aromatic carbocycles. The van der Waals surface area contributed by atoms with Gasteiger partial charge < -0.3 is 9.84 Å². The van der Waals surface area contributed by atoms with Gasteiger partial charge in [-0.15, -0.1) is 0 Å². The van der Waals surface area contributed by atoms with Crippen LogP contribution in [-0.2, 0) is 6.42 Å². The Balaban J connectivity index is 3.01. The van der Waals surface area contributed by atoms with Crippen molar-refractivity contribution in [1.29, 1.82) is 5.26 Å². The number of hydrogen-bond donors (Lipinski definition) is 1. The van der Waals surface area contributed by atoms with E-state index in [1.54, 1.807) is 6.07 Å². The van der Waals surface area contributed by atoms with E-state index in [0.717, 1.165) is 12.0 Å². The van der Waals surface area contributed by atoms with E-state index in [1.807, 2.05) is 19.1 Å². The monoisotopic (exact) mass is 191 g/mol. The van der Waals surface area contributed by atoms with Crippen molar-refractivity contribution in [2.45, 2.75) is 13.3 Å². The van der Waals surface area contributed by atoms with Crippen LogP contribution in [0.2, 0.25) is 0 Å². The molecule has 14 heavy (non-hydrogen) atoms. The average Bonchev–Trinajstić information content (AvgIpc) is 2.25. The Kier molecular flexibility index (Phi) is 3.96. The number of benzene rings is 1. The summed E-state index contributed by atoms with van der Waals surface area (Å²) in [6.07, 6.45) is 0.816. The van der Waals surface area contributed by atoms with Crippen molar-refractivity contribution in [2.75, 3.05) is 13.2 Å².